The molecular weight excluding hydrogens is 226 g/mol. The van der Waals surface area contributed by atoms with Gasteiger partial charge in [-0.3, -0.25) is 4.90 Å². The topological polar surface area (TPSA) is 21.7 Å². The Morgan fingerprint density at radius 3 is 1.83 bits per heavy atom. The first kappa shape index (κ1) is 15.9. The van der Waals surface area contributed by atoms with E-state index in [1.807, 2.05) is 13.8 Å². The number of rotatable bonds is 8. The largest absolute Gasteiger partial charge is 0.352 e. The van der Waals surface area contributed by atoms with Crippen molar-refractivity contribution in [2.24, 2.45) is 5.41 Å². The number of hydrogen-bond donors (Lipinski definition) is 0. The molecule has 0 atom stereocenters. The maximum atomic E-state index is 5.63. The molecule has 0 spiro atoms. The first-order valence-corrected chi connectivity index (χ1v) is 7.65. The third-order valence-corrected chi connectivity index (χ3v) is 4.53. The minimum atomic E-state index is -0.0456. The highest BCUT2D eigenvalue weighted by molar-refractivity contribution is 4.84. The zero-order valence-electron chi connectivity index (χ0n) is 12.7. The maximum Gasteiger partial charge on any atom is 0.170 e. The molecule has 18 heavy (non-hydrogen) atoms. The average molecular weight is 257 g/mol. The van der Waals surface area contributed by atoms with Gasteiger partial charge in [0.1, 0.15) is 0 Å². The lowest BCUT2D eigenvalue weighted by molar-refractivity contribution is -0.150. The van der Waals surface area contributed by atoms with Gasteiger partial charge in [0.05, 0.1) is 0 Å². The summed E-state index contributed by atoms with van der Waals surface area (Å²) in [6.07, 6.45) is 5.24. The van der Waals surface area contributed by atoms with Crippen LogP contribution in [-0.4, -0.2) is 44.0 Å². The lowest BCUT2D eigenvalue weighted by Crippen LogP contribution is -2.44. The first-order chi connectivity index (χ1) is 8.69. The van der Waals surface area contributed by atoms with Crippen LogP contribution in [0.3, 0.4) is 0 Å². The van der Waals surface area contributed by atoms with Crippen molar-refractivity contribution < 1.29 is 9.47 Å². The number of hydrogen-bond acceptors (Lipinski definition) is 3. The molecular formula is C15H31NO2. The van der Waals surface area contributed by atoms with Crippen LogP contribution in [0.25, 0.3) is 0 Å². The Kier molecular flexibility index (Phi) is 7.20. The minimum absolute atomic E-state index is 0.0456. The molecule has 0 aliphatic carbocycles. The van der Waals surface area contributed by atoms with Crippen molar-refractivity contribution in [2.75, 3.05) is 32.8 Å². The Labute approximate surface area is 113 Å². The van der Waals surface area contributed by atoms with Crippen LogP contribution < -0.4 is 0 Å². The monoisotopic (exact) mass is 257 g/mol. The second-order valence-corrected chi connectivity index (χ2v) is 5.35. The highest BCUT2D eigenvalue weighted by Crippen LogP contribution is 2.37. The quantitative estimate of drug-likeness (QED) is 0.623. The molecule has 1 aliphatic rings. The molecule has 0 unspecified atom stereocenters. The molecule has 1 saturated heterocycles. The normalized spacial score (nSPS) is 20.5. The molecule has 0 aromatic carbocycles. The van der Waals surface area contributed by atoms with Crippen LogP contribution >= 0.6 is 0 Å². The van der Waals surface area contributed by atoms with E-state index in [0.717, 1.165) is 19.8 Å². The molecule has 3 heteroatoms. The second kappa shape index (κ2) is 8.13. The van der Waals surface area contributed by atoms with Gasteiger partial charge in [0, 0.05) is 19.8 Å². The van der Waals surface area contributed by atoms with E-state index in [9.17, 15) is 0 Å². The van der Waals surface area contributed by atoms with Crippen molar-refractivity contribution in [3.8, 4) is 0 Å². The van der Waals surface area contributed by atoms with E-state index in [1.165, 1.54) is 38.8 Å². The summed E-state index contributed by atoms with van der Waals surface area (Å²) < 4.78 is 11.3. The van der Waals surface area contributed by atoms with Crippen LogP contribution in [0.1, 0.15) is 53.4 Å². The Hall–Kier alpha value is -0.120. The SMILES string of the molecule is CCOC(CN1CCC(CC)(CC)CC1)OCC. The third kappa shape index (κ3) is 4.52. The fourth-order valence-electron chi connectivity index (χ4n) is 2.90. The molecule has 1 rings (SSSR count). The summed E-state index contributed by atoms with van der Waals surface area (Å²) in [6, 6.07) is 0. The van der Waals surface area contributed by atoms with Crippen LogP contribution in [0.15, 0.2) is 0 Å². The summed E-state index contributed by atoms with van der Waals surface area (Å²) >= 11 is 0. The van der Waals surface area contributed by atoms with E-state index in [4.69, 9.17) is 9.47 Å². The van der Waals surface area contributed by atoms with Crippen LogP contribution in [-0.2, 0) is 9.47 Å². The molecule has 1 fully saturated rings. The van der Waals surface area contributed by atoms with Gasteiger partial charge in [-0.25, -0.2) is 0 Å². The van der Waals surface area contributed by atoms with Crippen molar-refractivity contribution in [2.45, 2.75) is 59.7 Å². The van der Waals surface area contributed by atoms with Crippen LogP contribution in [0, 0.1) is 5.41 Å². The van der Waals surface area contributed by atoms with Crippen molar-refractivity contribution in [3.63, 3.8) is 0 Å². The standard InChI is InChI=1S/C15H31NO2/c1-5-15(6-2)9-11-16(12-10-15)13-14(17-7-3)18-8-4/h14H,5-13H2,1-4H3. The summed E-state index contributed by atoms with van der Waals surface area (Å²) in [4.78, 5) is 2.50. The summed E-state index contributed by atoms with van der Waals surface area (Å²) in [5, 5.41) is 0. The predicted octanol–water partition coefficient (Wildman–Crippen LogP) is 3.29. The van der Waals surface area contributed by atoms with Gasteiger partial charge in [0.15, 0.2) is 6.29 Å². The molecule has 3 nitrogen and oxygen atoms in total. The Bertz CT molecular complexity index is 201. The lowest BCUT2D eigenvalue weighted by atomic mass is 9.74. The molecule has 0 saturated carbocycles. The number of piperidine rings is 1. The molecule has 0 aromatic rings. The fourth-order valence-corrected chi connectivity index (χ4v) is 2.90. The number of ether oxygens (including phenoxy) is 2. The molecule has 1 heterocycles. The molecule has 0 N–H and O–H groups in total. The predicted molar refractivity (Wildman–Crippen MR) is 75.7 cm³/mol. The third-order valence-electron chi connectivity index (χ3n) is 4.53. The van der Waals surface area contributed by atoms with Crippen molar-refractivity contribution in [3.05, 3.63) is 0 Å². The molecule has 1 aliphatic heterocycles. The van der Waals surface area contributed by atoms with Crippen LogP contribution in [0.5, 0.6) is 0 Å². The summed E-state index contributed by atoms with van der Waals surface area (Å²) in [6.45, 7) is 13.5. The van der Waals surface area contributed by atoms with E-state index in [-0.39, 0.29) is 6.29 Å². The van der Waals surface area contributed by atoms with E-state index in [1.54, 1.807) is 0 Å². The van der Waals surface area contributed by atoms with Gasteiger partial charge in [-0.05, 0) is 45.2 Å². The van der Waals surface area contributed by atoms with Crippen molar-refractivity contribution >= 4 is 0 Å². The number of likely N-dealkylation sites (tertiary alicyclic amines) is 1. The van der Waals surface area contributed by atoms with Gasteiger partial charge >= 0.3 is 0 Å². The van der Waals surface area contributed by atoms with Gasteiger partial charge < -0.3 is 9.47 Å². The van der Waals surface area contributed by atoms with E-state index < -0.39 is 0 Å². The van der Waals surface area contributed by atoms with Gasteiger partial charge in [0.2, 0.25) is 0 Å². The zero-order chi connectivity index (χ0) is 13.4. The lowest BCUT2D eigenvalue weighted by Gasteiger charge is -2.41. The van der Waals surface area contributed by atoms with E-state index >= 15 is 0 Å². The van der Waals surface area contributed by atoms with Crippen molar-refractivity contribution in [1.82, 2.24) is 4.90 Å². The highest BCUT2D eigenvalue weighted by Gasteiger charge is 2.31. The van der Waals surface area contributed by atoms with Gasteiger partial charge in [-0.1, -0.05) is 26.7 Å². The van der Waals surface area contributed by atoms with E-state index in [0.29, 0.717) is 5.41 Å². The fraction of sp³-hybridized carbons (Fsp3) is 1.00. The zero-order valence-corrected chi connectivity index (χ0v) is 12.7. The summed E-state index contributed by atoms with van der Waals surface area (Å²) in [7, 11) is 0. The van der Waals surface area contributed by atoms with Gasteiger partial charge in [-0.2, -0.15) is 0 Å². The minimum Gasteiger partial charge on any atom is -0.352 e. The Balaban J connectivity index is 2.37. The first-order valence-electron chi connectivity index (χ1n) is 7.65. The van der Waals surface area contributed by atoms with Crippen LogP contribution in [0.4, 0.5) is 0 Å². The molecule has 108 valence electrons. The van der Waals surface area contributed by atoms with Crippen LogP contribution in [0.2, 0.25) is 0 Å². The van der Waals surface area contributed by atoms with Crippen molar-refractivity contribution in [1.29, 1.82) is 0 Å². The van der Waals surface area contributed by atoms with E-state index in [2.05, 4.69) is 18.7 Å². The molecule has 0 bridgehead atoms. The van der Waals surface area contributed by atoms with Gasteiger partial charge in [0.25, 0.3) is 0 Å². The summed E-state index contributed by atoms with van der Waals surface area (Å²) in [5.41, 5.74) is 0.600. The molecule has 0 radical (unpaired) electrons. The Morgan fingerprint density at radius 1 is 0.944 bits per heavy atom. The average Bonchev–Trinajstić information content (AvgIpc) is 2.41. The molecule has 0 amide bonds. The summed E-state index contributed by atoms with van der Waals surface area (Å²) in [5.74, 6) is 0. The smallest absolute Gasteiger partial charge is 0.170 e. The Morgan fingerprint density at radius 2 is 1.44 bits per heavy atom. The second-order valence-electron chi connectivity index (χ2n) is 5.35. The van der Waals surface area contributed by atoms with Gasteiger partial charge in [-0.15, -0.1) is 0 Å². The maximum absolute atomic E-state index is 5.63. The highest BCUT2D eigenvalue weighted by atomic mass is 16.7. The molecule has 0 aromatic heterocycles. The number of nitrogens with zero attached hydrogens (tertiary/aromatic N) is 1.